The molecule has 0 aliphatic carbocycles. The predicted octanol–water partition coefficient (Wildman–Crippen LogP) is 0.0717. The molecule has 0 saturated heterocycles. The van der Waals surface area contributed by atoms with Crippen molar-refractivity contribution in [2.24, 2.45) is 0 Å². The van der Waals surface area contributed by atoms with Crippen LogP contribution in [0.5, 0.6) is 5.75 Å². The zero-order valence-corrected chi connectivity index (χ0v) is 10.4. The number of carbonyl (C=O) groups is 1. The maximum absolute atomic E-state index is 11.5. The summed E-state index contributed by atoms with van der Waals surface area (Å²) in [6.45, 7) is -0.465. The van der Waals surface area contributed by atoms with Crippen LogP contribution < -0.4 is 5.43 Å². The van der Waals surface area contributed by atoms with Gasteiger partial charge in [-0.15, -0.1) is 0 Å². The molecule has 0 radical (unpaired) electrons. The van der Waals surface area contributed by atoms with Gasteiger partial charge in [-0.05, 0) is 5.56 Å². The quantitative estimate of drug-likeness (QED) is 0.694. The van der Waals surface area contributed by atoms with E-state index in [2.05, 4.69) is 0 Å². The predicted molar refractivity (Wildman–Crippen MR) is 77.7 cm³/mol. The first kappa shape index (κ1) is 17.5. The normalized spacial score (nSPS) is 11.5. The fourth-order valence-electron chi connectivity index (χ4n) is 1.94. The number of aliphatic hydroxyl groups excluding tert-OH is 1. The molecule has 0 saturated carbocycles. The topological polar surface area (TPSA) is 99.8 Å². The van der Waals surface area contributed by atoms with Gasteiger partial charge in [0.2, 0.25) is 5.43 Å². The molecule has 0 aliphatic heterocycles. The molecule has 1 unspecified atom stereocenters. The average molecular weight is 299 g/mol. The Morgan fingerprint density at radius 2 is 1.81 bits per heavy atom. The molecule has 2 rings (SSSR count). The summed E-state index contributed by atoms with van der Waals surface area (Å²) in [6.07, 6.45) is -0.0538. The summed E-state index contributed by atoms with van der Waals surface area (Å²) < 4.78 is 1.14. The third kappa shape index (κ3) is 3.95. The van der Waals surface area contributed by atoms with Crippen LogP contribution >= 0.6 is 0 Å². The van der Waals surface area contributed by atoms with Gasteiger partial charge in [-0.3, -0.25) is 9.59 Å². The Balaban J connectivity index is 0.00000220. The number of benzene rings is 1. The monoisotopic (exact) mass is 299 g/mol. The molecule has 106 valence electrons. The van der Waals surface area contributed by atoms with E-state index in [1.165, 1.54) is 6.20 Å². The van der Waals surface area contributed by atoms with Crippen molar-refractivity contribution >= 4 is 35.5 Å². The van der Waals surface area contributed by atoms with Gasteiger partial charge in [-0.25, -0.2) is 0 Å². The molecule has 3 N–H and O–H groups in total. The molecule has 6 nitrogen and oxygen atoms in total. The zero-order valence-electron chi connectivity index (χ0n) is 10.4. The van der Waals surface area contributed by atoms with Crippen molar-refractivity contribution in [3.8, 4) is 5.75 Å². The molecular formula is C14H14NNaO5. The van der Waals surface area contributed by atoms with Gasteiger partial charge in [0, 0.05) is 12.3 Å². The third-order valence-electron chi connectivity index (χ3n) is 2.87. The van der Waals surface area contributed by atoms with Crippen molar-refractivity contribution in [2.45, 2.75) is 12.6 Å². The standard InChI is InChI=1S/C14H13NO5.Na.H/c16-10-6-7-15(8-11(17)18)12(14(10)20)13(19)9-4-2-1-3-5-9;;/h1-7,13,19-20H,8H2,(H,17,18);;. The fraction of sp³-hybridized carbons (Fsp3) is 0.143. The van der Waals surface area contributed by atoms with Crippen molar-refractivity contribution in [3.63, 3.8) is 0 Å². The van der Waals surface area contributed by atoms with Gasteiger partial charge in [0.1, 0.15) is 12.6 Å². The second-order valence-corrected chi connectivity index (χ2v) is 4.25. The summed E-state index contributed by atoms with van der Waals surface area (Å²) in [5, 5.41) is 29.0. The number of aromatic hydroxyl groups is 1. The second-order valence-electron chi connectivity index (χ2n) is 4.25. The van der Waals surface area contributed by atoms with Crippen LogP contribution in [-0.2, 0) is 11.3 Å². The Morgan fingerprint density at radius 3 is 2.38 bits per heavy atom. The summed E-state index contributed by atoms with van der Waals surface area (Å²) in [4.78, 5) is 22.3. The van der Waals surface area contributed by atoms with Crippen LogP contribution in [0.4, 0.5) is 0 Å². The van der Waals surface area contributed by atoms with Crippen LogP contribution in [0.3, 0.4) is 0 Å². The van der Waals surface area contributed by atoms with Gasteiger partial charge in [0.25, 0.3) is 0 Å². The van der Waals surface area contributed by atoms with Crippen LogP contribution in [0.1, 0.15) is 17.4 Å². The molecule has 0 spiro atoms. The number of carboxylic acid groups (broad SMARTS) is 1. The van der Waals surface area contributed by atoms with Gasteiger partial charge in [0.15, 0.2) is 5.75 Å². The molecule has 21 heavy (non-hydrogen) atoms. The molecule has 1 atom stereocenters. The van der Waals surface area contributed by atoms with E-state index in [0.717, 1.165) is 10.6 Å². The summed E-state index contributed by atoms with van der Waals surface area (Å²) in [7, 11) is 0. The van der Waals surface area contributed by atoms with E-state index in [1.807, 2.05) is 0 Å². The van der Waals surface area contributed by atoms with E-state index in [-0.39, 0.29) is 35.3 Å². The van der Waals surface area contributed by atoms with E-state index in [4.69, 9.17) is 5.11 Å². The van der Waals surface area contributed by atoms with Crippen LogP contribution in [-0.4, -0.2) is 55.4 Å². The third-order valence-corrected chi connectivity index (χ3v) is 2.87. The molecule has 0 amide bonds. The average Bonchev–Trinajstić information content (AvgIpc) is 2.43. The van der Waals surface area contributed by atoms with Gasteiger partial charge in [-0.2, -0.15) is 0 Å². The van der Waals surface area contributed by atoms with E-state index in [0.29, 0.717) is 5.56 Å². The fourth-order valence-corrected chi connectivity index (χ4v) is 1.94. The Bertz CT molecular complexity index is 684. The summed E-state index contributed by atoms with van der Waals surface area (Å²) >= 11 is 0. The van der Waals surface area contributed by atoms with Crippen LogP contribution in [0, 0.1) is 0 Å². The van der Waals surface area contributed by atoms with E-state index >= 15 is 0 Å². The number of hydrogen-bond donors (Lipinski definition) is 3. The van der Waals surface area contributed by atoms with Gasteiger partial charge < -0.3 is 19.9 Å². The minimum absolute atomic E-state index is 0. The van der Waals surface area contributed by atoms with E-state index in [9.17, 15) is 19.8 Å². The van der Waals surface area contributed by atoms with Crippen LogP contribution in [0.2, 0.25) is 0 Å². The van der Waals surface area contributed by atoms with Crippen LogP contribution in [0.25, 0.3) is 0 Å². The zero-order chi connectivity index (χ0) is 14.7. The maximum atomic E-state index is 11.5. The molecule has 0 aliphatic rings. The van der Waals surface area contributed by atoms with Crippen LogP contribution in [0.15, 0.2) is 47.4 Å². The number of pyridine rings is 1. The number of aliphatic hydroxyl groups is 1. The Kier molecular flexibility index (Phi) is 6.17. The number of aliphatic carboxylic acids is 1. The summed E-state index contributed by atoms with van der Waals surface area (Å²) in [5.74, 6) is -1.79. The summed E-state index contributed by atoms with van der Waals surface area (Å²) in [6, 6.07) is 9.43. The molecule has 1 aromatic heterocycles. The molecular weight excluding hydrogens is 285 g/mol. The van der Waals surface area contributed by atoms with Crippen molar-refractivity contribution in [1.82, 2.24) is 4.57 Å². The number of rotatable bonds is 4. The van der Waals surface area contributed by atoms with Gasteiger partial charge in [-0.1, -0.05) is 30.3 Å². The number of aromatic nitrogens is 1. The molecule has 7 heteroatoms. The number of nitrogens with zero attached hydrogens (tertiary/aromatic N) is 1. The van der Waals surface area contributed by atoms with Crippen molar-refractivity contribution < 1.29 is 20.1 Å². The Labute approximate surface area is 142 Å². The van der Waals surface area contributed by atoms with Gasteiger partial charge >= 0.3 is 35.5 Å². The molecule has 2 aromatic rings. The van der Waals surface area contributed by atoms with Crippen molar-refractivity contribution in [2.75, 3.05) is 0 Å². The Hall–Kier alpha value is -1.60. The first-order valence-corrected chi connectivity index (χ1v) is 5.88. The first-order chi connectivity index (χ1) is 9.50. The van der Waals surface area contributed by atoms with Crippen molar-refractivity contribution in [3.05, 3.63) is 64.1 Å². The summed E-state index contributed by atoms with van der Waals surface area (Å²) in [5.41, 5.74) is -0.352. The number of hydrogen-bond acceptors (Lipinski definition) is 4. The Morgan fingerprint density at radius 1 is 1.19 bits per heavy atom. The molecule has 1 aromatic carbocycles. The molecule has 0 bridgehead atoms. The van der Waals surface area contributed by atoms with Crippen molar-refractivity contribution in [1.29, 1.82) is 0 Å². The van der Waals surface area contributed by atoms with E-state index < -0.39 is 29.8 Å². The SMILES string of the molecule is O=C(O)Cn1ccc(=O)c(O)c1C(O)c1ccccc1.[NaH]. The molecule has 1 heterocycles. The minimum atomic E-state index is -1.29. The first-order valence-electron chi connectivity index (χ1n) is 5.88. The molecule has 0 fully saturated rings. The van der Waals surface area contributed by atoms with Gasteiger partial charge in [0.05, 0.1) is 5.69 Å². The van der Waals surface area contributed by atoms with E-state index in [1.54, 1.807) is 30.3 Å². The second kappa shape index (κ2) is 7.42. The number of carboxylic acids is 1.